The van der Waals surface area contributed by atoms with Crippen LogP contribution in [0.5, 0.6) is 0 Å². The molecule has 1 heterocycles. The van der Waals surface area contributed by atoms with Crippen LogP contribution in [-0.4, -0.2) is 21.3 Å². The lowest BCUT2D eigenvalue weighted by Gasteiger charge is -2.07. The Kier molecular flexibility index (Phi) is 3.98. The molecule has 0 saturated heterocycles. The Balaban J connectivity index is 2.03. The van der Waals surface area contributed by atoms with Crippen LogP contribution >= 0.6 is 11.6 Å². The topological polar surface area (TPSA) is 47.8 Å². The standard InChI is InChI=1S/C16H11ClFN3O/c17-13-3-1-2-11(8-13)9-21-16(15(10-22)19-20-21)12-4-6-14(18)7-5-12/h1-8,10H,9H2. The van der Waals surface area contributed by atoms with Gasteiger partial charge in [0.2, 0.25) is 0 Å². The molecule has 6 heteroatoms. The van der Waals surface area contributed by atoms with Gasteiger partial charge in [0.05, 0.1) is 12.2 Å². The minimum Gasteiger partial charge on any atom is -0.296 e. The normalized spacial score (nSPS) is 10.6. The highest BCUT2D eigenvalue weighted by Crippen LogP contribution is 2.23. The number of halogens is 2. The molecule has 0 spiro atoms. The summed E-state index contributed by atoms with van der Waals surface area (Å²) in [4.78, 5) is 11.2. The summed E-state index contributed by atoms with van der Waals surface area (Å²) in [5, 5.41) is 8.50. The molecule has 0 atom stereocenters. The molecule has 0 aliphatic rings. The molecular formula is C16H11ClFN3O. The lowest BCUT2D eigenvalue weighted by molar-refractivity contribution is 0.111. The quantitative estimate of drug-likeness (QED) is 0.691. The number of nitrogens with zero attached hydrogens (tertiary/aromatic N) is 3. The Morgan fingerprint density at radius 3 is 2.64 bits per heavy atom. The maximum atomic E-state index is 13.1. The Hall–Kier alpha value is -2.53. The van der Waals surface area contributed by atoms with Gasteiger partial charge in [0.1, 0.15) is 5.82 Å². The lowest BCUT2D eigenvalue weighted by atomic mass is 10.1. The number of hydrogen-bond donors (Lipinski definition) is 0. The average molecular weight is 316 g/mol. The van der Waals surface area contributed by atoms with Gasteiger partial charge in [-0.3, -0.25) is 4.79 Å². The van der Waals surface area contributed by atoms with E-state index in [2.05, 4.69) is 10.3 Å². The van der Waals surface area contributed by atoms with Gasteiger partial charge in [0.15, 0.2) is 12.0 Å². The van der Waals surface area contributed by atoms with Crippen molar-refractivity contribution in [3.8, 4) is 11.3 Å². The number of benzene rings is 2. The zero-order chi connectivity index (χ0) is 15.5. The molecule has 3 aromatic rings. The van der Waals surface area contributed by atoms with Crippen molar-refractivity contribution in [1.82, 2.24) is 15.0 Å². The number of hydrogen-bond acceptors (Lipinski definition) is 3. The molecule has 0 amide bonds. The molecular weight excluding hydrogens is 305 g/mol. The SMILES string of the molecule is O=Cc1nnn(Cc2cccc(Cl)c2)c1-c1ccc(F)cc1. The van der Waals surface area contributed by atoms with Crippen molar-refractivity contribution in [2.24, 2.45) is 0 Å². The van der Waals surface area contributed by atoms with Crippen molar-refractivity contribution in [2.45, 2.75) is 6.54 Å². The lowest BCUT2D eigenvalue weighted by Crippen LogP contribution is -2.04. The van der Waals surface area contributed by atoms with Gasteiger partial charge in [0, 0.05) is 10.6 Å². The van der Waals surface area contributed by atoms with E-state index in [0.29, 0.717) is 29.1 Å². The summed E-state index contributed by atoms with van der Waals surface area (Å²) in [5.41, 5.74) is 2.37. The number of aldehydes is 1. The van der Waals surface area contributed by atoms with E-state index in [1.807, 2.05) is 18.2 Å². The highest BCUT2D eigenvalue weighted by molar-refractivity contribution is 6.30. The minimum atomic E-state index is -0.342. The summed E-state index contributed by atoms with van der Waals surface area (Å²) in [7, 11) is 0. The fourth-order valence-electron chi connectivity index (χ4n) is 2.23. The van der Waals surface area contributed by atoms with Gasteiger partial charge in [-0.15, -0.1) is 5.10 Å². The molecule has 22 heavy (non-hydrogen) atoms. The zero-order valence-electron chi connectivity index (χ0n) is 11.4. The molecule has 3 rings (SSSR count). The first-order valence-electron chi connectivity index (χ1n) is 6.56. The second-order valence-corrected chi connectivity index (χ2v) is 5.17. The van der Waals surface area contributed by atoms with Crippen LogP contribution in [0.2, 0.25) is 5.02 Å². The first-order valence-corrected chi connectivity index (χ1v) is 6.94. The van der Waals surface area contributed by atoms with Gasteiger partial charge >= 0.3 is 0 Å². The van der Waals surface area contributed by atoms with Gasteiger partial charge in [-0.2, -0.15) is 0 Å². The van der Waals surface area contributed by atoms with E-state index in [4.69, 9.17) is 11.6 Å². The van der Waals surface area contributed by atoms with Crippen molar-refractivity contribution in [1.29, 1.82) is 0 Å². The molecule has 4 nitrogen and oxygen atoms in total. The molecule has 110 valence electrons. The summed E-state index contributed by atoms with van der Waals surface area (Å²) in [6.45, 7) is 0.411. The van der Waals surface area contributed by atoms with E-state index < -0.39 is 0 Å². The van der Waals surface area contributed by atoms with Crippen LogP contribution in [0.15, 0.2) is 48.5 Å². The van der Waals surface area contributed by atoms with Crippen molar-refractivity contribution < 1.29 is 9.18 Å². The van der Waals surface area contributed by atoms with Gasteiger partial charge in [-0.25, -0.2) is 9.07 Å². The van der Waals surface area contributed by atoms with Crippen LogP contribution in [0.4, 0.5) is 4.39 Å². The summed E-state index contributed by atoms with van der Waals surface area (Å²) < 4.78 is 14.7. The monoisotopic (exact) mass is 315 g/mol. The maximum Gasteiger partial charge on any atom is 0.172 e. The number of carbonyl (C=O) groups excluding carboxylic acids is 1. The Bertz CT molecular complexity index is 815. The zero-order valence-corrected chi connectivity index (χ0v) is 12.2. The molecule has 0 bridgehead atoms. The molecule has 1 aromatic heterocycles. The second-order valence-electron chi connectivity index (χ2n) is 4.74. The number of aromatic nitrogens is 3. The first-order chi connectivity index (χ1) is 10.7. The molecule has 0 N–H and O–H groups in total. The van der Waals surface area contributed by atoms with E-state index in [0.717, 1.165) is 5.56 Å². The smallest absolute Gasteiger partial charge is 0.172 e. The molecule has 0 saturated carbocycles. The van der Waals surface area contributed by atoms with Gasteiger partial charge in [-0.1, -0.05) is 28.9 Å². The Morgan fingerprint density at radius 1 is 1.18 bits per heavy atom. The minimum absolute atomic E-state index is 0.216. The highest BCUT2D eigenvalue weighted by Gasteiger charge is 2.15. The third kappa shape index (κ3) is 2.89. The van der Waals surface area contributed by atoms with E-state index in [9.17, 15) is 9.18 Å². The van der Waals surface area contributed by atoms with E-state index in [1.165, 1.54) is 12.1 Å². The van der Waals surface area contributed by atoms with E-state index in [1.54, 1.807) is 22.9 Å². The summed E-state index contributed by atoms with van der Waals surface area (Å²) in [6.07, 6.45) is 0.639. The Labute approximate surface area is 131 Å². The molecule has 0 unspecified atom stereocenters. The van der Waals surface area contributed by atoms with Crippen LogP contribution in [0, 0.1) is 5.82 Å². The van der Waals surface area contributed by atoms with E-state index in [-0.39, 0.29) is 11.5 Å². The molecule has 0 fully saturated rings. The third-order valence-corrected chi connectivity index (χ3v) is 3.45. The second kappa shape index (κ2) is 6.07. The van der Waals surface area contributed by atoms with Gasteiger partial charge in [0.25, 0.3) is 0 Å². The van der Waals surface area contributed by atoms with Crippen LogP contribution in [0.3, 0.4) is 0 Å². The fraction of sp³-hybridized carbons (Fsp3) is 0.0625. The number of carbonyl (C=O) groups is 1. The summed E-state index contributed by atoms with van der Waals surface area (Å²) in [5.74, 6) is -0.342. The van der Waals surface area contributed by atoms with E-state index >= 15 is 0 Å². The first kappa shape index (κ1) is 14.4. The van der Waals surface area contributed by atoms with Crippen molar-refractivity contribution in [3.63, 3.8) is 0 Å². The van der Waals surface area contributed by atoms with Crippen molar-refractivity contribution in [3.05, 3.63) is 70.6 Å². The molecule has 2 aromatic carbocycles. The molecule has 0 radical (unpaired) electrons. The molecule has 0 aliphatic heterocycles. The van der Waals surface area contributed by atoms with Crippen molar-refractivity contribution in [2.75, 3.05) is 0 Å². The highest BCUT2D eigenvalue weighted by atomic mass is 35.5. The Morgan fingerprint density at radius 2 is 1.95 bits per heavy atom. The number of rotatable bonds is 4. The average Bonchev–Trinajstić information content (AvgIpc) is 2.91. The maximum absolute atomic E-state index is 13.1. The molecule has 0 aliphatic carbocycles. The van der Waals surface area contributed by atoms with Crippen LogP contribution < -0.4 is 0 Å². The largest absolute Gasteiger partial charge is 0.296 e. The van der Waals surface area contributed by atoms with Crippen LogP contribution in [-0.2, 0) is 6.54 Å². The van der Waals surface area contributed by atoms with Crippen LogP contribution in [0.25, 0.3) is 11.3 Å². The van der Waals surface area contributed by atoms with Crippen LogP contribution in [0.1, 0.15) is 16.1 Å². The van der Waals surface area contributed by atoms with Gasteiger partial charge in [-0.05, 0) is 42.0 Å². The van der Waals surface area contributed by atoms with Crippen molar-refractivity contribution >= 4 is 17.9 Å². The predicted molar refractivity (Wildman–Crippen MR) is 81.4 cm³/mol. The van der Waals surface area contributed by atoms with Gasteiger partial charge < -0.3 is 0 Å². The fourth-order valence-corrected chi connectivity index (χ4v) is 2.44. The summed E-state index contributed by atoms with van der Waals surface area (Å²) in [6, 6.07) is 13.2. The third-order valence-electron chi connectivity index (χ3n) is 3.21. The predicted octanol–water partition coefficient (Wildman–Crippen LogP) is 3.60. The summed E-state index contributed by atoms with van der Waals surface area (Å²) >= 11 is 5.97.